The number of hydrogen-bond acceptors (Lipinski definition) is 8. The summed E-state index contributed by atoms with van der Waals surface area (Å²) in [5, 5.41) is 8.10. The summed E-state index contributed by atoms with van der Waals surface area (Å²) < 4.78 is 7.57. The highest BCUT2D eigenvalue weighted by molar-refractivity contribution is 5.52. The molecule has 1 fully saturated rings. The predicted molar refractivity (Wildman–Crippen MR) is 98.2 cm³/mol. The van der Waals surface area contributed by atoms with Gasteiger partial charge in [-0.1, -0.05) is 5.21 Å². The van der Waals surface area contributed by atoms with E-state index in [1.807, 2.05) is 10.9 Å². The first-order valence-electron chi connectivity index (χ1n) is 9.02. The van der Waals surface area contributed by atoms with Crippen LogP contribution in [0.4, 0.5) is 11.6 Å². The van der Waals surface area contributed by atoms with Gasteiger partial charge in [0.15, 0.2) is 0 Å². The van der Waals surface area contributed by atoms with Crippen LogP contribution in [0.15, 0.2) is 18.6 Å². The molecule has 2 atom stereocenters. The van der Waals surface area contributed by atoms with Gasteiger partial charge >= 0.3 is 0 Å². The third-order valence-corrected chi connectivity index (χ3v) is 5.17. The molecule has 4 heterocycles. The first kappa shape index (κ1) is 17.2. The largest absolute Gasteiger partial charge is 0.380 e. The second-order valence-electron chi connectivity index (χ2n) is 7.27. The van der Waals surface area contributed by atoms with E-state index in [9.17, 15) is 0 Å². The van der Waals surface area contributed by atoms with Crippen molar-refractivity contribution in [1.82, 2.24) is 29.9 Å². The molecule has 0 aromatic carbocycles. The van der Waals surface area contributed by atoms with E-state index in [1.54, 1.807) is 13.4 Å². The molecule has 0 unspecified atom stereocenters. The van der Waals surface area contributed by atoms with E-state index < -0.39 is 0 Å². The Bertz CT molecular complexity index is 748. The summed E-state index contributed by atoms with van der Waals surface area (Å²) in [6.45, 7) is 4.31. The van der Waals surface area contributed by atoms with E-state index in [-0.39, 0.29) is 6.10 Å². The smallest absolute Gasteiger partial charge is 0.134 e. The van der Waals surface area contributed by atoms with Crippen LogP contribution < -0.4 is 9.80 Å². The van der Waals surface area contributed by atoms with Gasteiger partial charge in [-0.3, -0.25) is 0 Å². The maximum atomic E-state index is 5.62. The van der Waals surface area contributed by atoms with Gasteiger partial charge in [0.1, 0.15) is 18.0 Å². The minimum absolute atomic E-state index is 0.244. The number of ether oxygens (including phenoxy) is 1. The highest BCUT2D eigenvalue weighted by Gasteiger charge is 2.33. The Labute approximate surface area is 153 Å². The van der Waals surface area contributed by atoms with Crippen molar-refractivity contribution in [3.8, 4) is 0 Å². The van der Waals surface area contributed by atoms with E-state index in [2.05, 4.69) is 55.1 Å². The average Bonchev–Trinajstić information content (AvgIpc) is 3.27. The van der Waals surface area contributed by atoms with Crippen LogP contribution in [-0.2, 0) is 17.8 Å². The van der Waals surface area contributed by atoms with Crippen LogP contribution in [0.1, 0.15) is 12.1 Å². The van der Waals surface area contributed by atoms with Crippen LogP contribution in [0.5, 0.6) is 0 Å². The zero-order valence-corrected chi connectivity index (χ0v) is 15.6. The molecule has 0 saturated carbocycles. The molecule has 1 saturated heterocycles. The lowest BCUT2D eigenvalue weighted by atomic mass is 10.2. The van der Waals surface area contributed by atoms with Gasteiger partial charge in [0.05, 0.1) is 31.1 Å². The molecule has 2 aromatic rings. The predicted octanol–water partition coefficient (Wildman–Crippen LogP) is 0.244. The van der Waals surface area contributed by atoms with Crippen molar-refractivity contribution < 1.29 is 4.74 Å². The van der Waals surface area contributed by atoms with Crippen LogP contribution in [0, 0.1) is 0 Å². The van der Waals surface area contributed by atoms with Crippen molar-refractivity contribution in [2.75, 3.05) is 50.6 Å². The molecule has 0 aliphatic carbocycles. The molecule has 9 nitrogen and oxygen atoms in total. The minimum Gasteiger partial charge on any atom is -0.380 e. The fraction of sp³-hybridized carbons (Fsp3) is 0.647. The number of nitrogens with zero attached hydrogens (tertiary/aromatic N) is 8. The number of hydrogen-bond donors (Lipinski definition) is 0. The van der Waals surface area contributed by atoms with Crippen LogP contribution >= 0.6 is 0 Å². The standard InChI is InChI=1S/C17H26N8O/c1-22(2)9-13-6-15(26-3)11-24(13)17-7-16(18-12-19-17)23-4-5-25-14(10-23)8-20-21-25/h7-8,12-13,15H,4-6,9-11H2,1-3H3/t13-,15-/m0/s1. The Morgan fingerprint density at radius 2 is 2.08 bits per heavy atom. The molecule has 0 radical (unpaired) electrons. The van der Waals surface area contributed by atoms with E-state index >= 15 is 0 Å². The zero-order valence-electron chi connectivity index (χ0n) is 15.6. The fourth-order valence-corrected chi connectivity index (χ4v) is 3.86. The molecule has 2 aromatic heterocycles. The minimum atomic E-state index is 0.244. The van der Waals surface area contributed by atoms with Crippen molar-refractivity contribution in [1.29, 1.82) is 0 Å². The molecular weight excluding hydrogens is 332 g/mol. The number of aromatic nitrogens is 5. The third-order valence-electron chi connectivity index (χ3n) is 5.17. The number of anilines is 2. The van der Waals surface area contributed by atoms with Gasteiger partial charge in [-0.05, 0) is 20.5 Å². The Balaban J connectivity index is 1.55. The molecule has 2 aliphatic heterocycles. The maximum absolute atomic E-state index is 5.62. The maximum Gasteiger partial charge on any atom is 0.134 e. The monoisotopic (exact) mass is 358 g/mol. The lowest BCUT2D eigenvalue weighted by Crippen LogP contribution is -2.38. The SMILES string of the molecule is CO[C@H]1C[C@@H](CN(C)C)N(c2cc(N3CCn4nncc4C3)ncn2)C1. The molecule has 0 N–H and O–H groups in total. The molecule has 2 aliphatic rings. The summed E-state index contributed by atoms with van der Waals surface area (Å²) in [6.07, 6.45) is 4.75. The summed E-state index contributed by atoms with van der Waals surface area (Å²) in [5.41, 5.74) is 1.11. The van der Waals surface area contributed by atoms with E-state index in [1.165, 1.54) is 0 Å². The Morgan fingerprint density at radius 1 is 1.23 bits per heavy atom. The number of fused-ring (bicyclic) bond motifs is 1. The van der Waals surface area contributed by atoms with Gasteiger partial charge in [-0.15, -0.1) is 5.10 Å². The number of likely N-dealkylation sites (N-methyl/N-ethyl adjacent to an activating group) is 1. The van der Waals surface area contributed by atoms with E-state index in [0.717, 1.165) is 56.5 Å². The average molecular weight is 358 g/mol. The van der Waals surface area contributed by atoms with Gasteiger partial charge < -0.3 is 19.4 Å². The van der Waals surface area contributed by atoms with Crippen molar-refractivity contribution in [2.45, 2.75) is 31.7 Å². The second-order valence-corrected chi connectivity index (χ2v) is 7.27. The lowest BCUT2D eigenvalue weighted by Gasteiger charge is -2.30. The van der Waals surface area contributed by atoms with Crippen molar-refractivity contribution in [2.24, 2.45) is 0 Å². The fourth-order valence-electron chi connectivity index (χ4n) is 3.86. The Hall–Kier alpha value is -2.26. The highest BCUT2D eigenvalue weighted by atomic mass is 16.5. The van der Waals surface area contributed by atoms with Gasteiger partial charge in [0, 0.05) is 38.9 Å². The van der Waals surface area contributed by atoms with Gasteiger partial charge in [-0.25, -0.2) is 14.6 Å². The zero-order chi connectivity index (χ0) is 18.1. The Kier molecular flexibility index (Phi) is 4.73. The molecule has 26 heavy (non-hydrogen) atoms. The van der Waals surface area contributed by atoms with Crippen LogP contribution in [-0.4, -0.2) is 82.8 Å². The molecule has 9 heteroatoms. The van der Waals surface area contributed by atoms with Crippen LogP contribution in [0.25, 0.3) is 0 Å². The number of rotatable bonds is 5. The molecule has 0 amide bonds. The van der Waals surface area contributed by atoms with Gasteiger partial charge in [0.2, 0.25) is 0 Å². The van der Waals surface area contributed by atoms with Crippen molar-refractivity contribution in [3.05, 3.63) is 24.3 Å². The summed E-state index contributed by atoms with van der Waals surface area (Å²) in [4.78, 5) is 15.9. The second kappa shape index (κ2) is 7.16. The Morgan fingerprint density at radius 3 is 2.88 bits per heavy atom. The quantitative estimate of drug-likeness (QED) is 0.753. The summed E-state index contributed by atoms with van der Waals surface area (Å²) in [7, 11) is 6.00. The highest BCUT2D eigenvalue weighted by Crippen LogP contribution is 2.28. The van der Waals surface area contributed by atoms with Crippen LogP contribution in [0.3, 0.4) is 0 Å². The van der Waals surface area contributed by atoms with Crippen LogP contribution in [0.2, 0.25) is 0 Å². The number of methoxy groups -OCH3 is 1. The van der Waals surface area contributed by atoms with Gasteiger partial charge in [0.25, 0.3) is 0 Å². The van der Waals surface area contributed by atoms with E-state index in [0.29, 0.717) is 6.04 Å². The first-order valence-corrected chi connectivity index (χ1v) is 9.02. The molecule has 140 valence electrons. The summed E-state index contributed by atoms with van der Waals surface area (Å²) in [5.74, 6) is 1.92. The lowest BCUT2D eigenvalue weighted by molar-refractivity contribution is 0.117. The third kappa shape index (κ3) is 3.36. The molecular formula is C17H26N8O. The molecule has 0 bridgehead atoms. The molecule has 0 spiro atoms. The molecule has 4 rings (SSSR count). The summed E-state index contributed by atoms with van der Waals surface area (Å²) in [6, 6.07) is 2.49. The topological polar surface area (TPSA) is 75.4 Å². The van der Waals surface area contributed by atoms with E-state index in [4.69, 9.17) is 4.74 Å². The normalized spacial score (nSPS) is 22.9. The summed E-state index contributed by atoms with van der Waals surface area (Å²) >= 11 is 0. The van der Waals surface area contributed by atoms with Gasteiger partial charge in [-0.2, -0.15) is 0 Å². The van der Waals surface area contributed by atoms with Crippen molar-refractivity contribution >= 4 is 11.6 Å². The van der Waals surface area contributed by atoms with Crippen molar-refractivity contribution in [3.63, 3.8) is 0 Å². The first-order chi connectivity index (χ1) is 12.6.